The van der Waals surface area contributed by atoms with E-state index in [-0.39, 0.29) is 0 Å². The molecule has 0 fully saturated rings. The van der Waals surface area contributed by atoms with Crippen molar-refractivity contribution in [2.24, 2.45) is 0 Å². The number of ether oxygens (including phenoxy) is 1. The van der Waals surface area contributed by atoms with Crippen LogP contribution in [0.3, 0.4) is 0 Å². The van der Waals surface area contributed by atoms with Crippen molar-refractivity contribution in [1.29, 1.82) is 0 Å². The molecule has 0 aliphatic heterocycles. The maximum Gasteiger partial charge on any atom is 0.216 e. The fourth-order valence-electron chi connectivity index (χ4n) is 1.18. The van der Waals surface area contributed by atoms with Crippen LogP contribution in [-0.4, -0.2) is 17.1 Å². The van der Waals surface area contributed by atoms with Crippen molar-refractivity contribution in [2.75, 3.05) is 7.11 Å². The van der Waals surface area contributed by atoms with Crippen LogP contribution in [-0.2, 0) is 0 Å². The Labute approximate surface area is 82.4 Å². The maximum absolute atomic E-state index is 5.03. The molecule has 1 aromatic heterocycles. The molecule has 0 aliphatic rings. The van der Waals surface area contributed by atoms with E-state index in [4.69, 9.17) is 4.74 Å². The van der Waals surface area contributed by atoms with E-state index in [0.29, 0.717) is 11.7 Å². The van der Waals surface area contributed by atoms with Gasteiger partial charge in [-0.3, -0.25) is 0 Å². The molecule has 2 rings (SSSR count). The molecule has 70 valence electrons. The molecule has 2 aromatic rings. The van der Waals surface area contributed by atoms with Crippen LogP contribution in [0.5, 0.6) is 5.88 Å². The Kier molecular flexibility index (Phi) is 2.40. The smallest absolute Gasteiger partial charge is 0.216 e. The molecule has 0 saturated heterocycles. The van der Waals surface area contributed by atoms with E-state index >= 15 is 0 Å². The minimum Gasteiger partial charge on any atom is -0.481 e. The molecule has 0 radical (unpaired) electrons. The van der Waals surface area contributed by atoms with E-state index in [1.807, 2.05) is 30.3 Å². The van der Waals surface area contributed by atoms with Crippen molar-refractivity contribution in [3.63, 3.8) is 0 Å². The van der Waals surface area contributed by atoms with Crippen molar-refractivity contribution in [2.45, 2.75) is 0 Å². The molecular formula is C11H10N2O. The zero-order valence-corrected chi connectivity index (χ0v) is 7.84. The first-order chi connectivity index (χ1) is 6.90. The zero-order chi connectivity index (χ0) is 9.80. The lowest BCUT2D eigenvalue weighted by Crippen LogP contribution is -1.92. The fourth-order valence-corrected chi connectivity index (χ4v) is 1.18. The third-order valence-electron chi connectivity index (χ3n) is 1.87. The Bertz CT molecular complexity index is 415. The Balaban J connectivity index is 2.42. The van der Waals surface area contributed by atoms with E-state index in [9.17, 15) is 0 Å². The lowest BCUT2D eigenvalue weighted by atomic mass is 10.2. The summed E-state index contributed by atoms with van der Waals surface area (Å²) < 4.78 is 5.03. The second-order valence-corrected chi connectivity index (χ2v) is 2.79. The third-order valence-corrected chi connectivity index (χ3v) is 1.87. The molecule has 0 spiro atoms. The molecule has 3 heteroatoms. The lowest BCUT2D eigenvalue weighted by Gasteiger charge is -2.01. The van der Waals surface area contributed by atoms with Crippen LogP contribution < -0.4 is 4.74 Å². The highest BCUT2D eigenvalue weighted by atomic mass is 16.5. The van der Waals surface area contributed by atoms with Crippen molar-refractivity contribution in [3.8, 4) is 17.3 Å². The van der Waals surface area contributed by atoms with Crippen LogP contribution in [0.2, 0.25) is 0 Å². The molecular weight excluding hydrogens is 176 g/mol. The molecule has 0 atom stereocenters. The third kappa shape index (κ3) is 1.71. The summed E-state index contributed by atoms with van der Waals surface area (Å²) in [4.78, 5) is 8.39. The maximum atomic E-state index is 5.03. The van der Waals surface area contributed by atoms with Crippen LogP contribution in [0.25, 0.3) is 11.4 Å². The van der Waals surface area contributed by atoms with E-state index in [0.717, 1.165) is 5.56 Å². The molecule has 0 unspecified atom stereocenters. The van der Waals surface area contributed by atoms with Crippen molar-refractivity contribution in [1.82, 2.24) is 9.97 Å². The largest absolute Gasteiger partial charge is 0.481 e. The standard InChI is InChI=1S/C11H10N2O/c1-14-10-7-8-12-11(13-10)9-5-3-2-4-6-9/h2-8H,1H3. The van der Waals surface area contributed by atoms with Gasteiger partial charge in [0.2, 0.25) is 5.88 Å². The average Bonchev–Trinajstić information content (AvgIpc) is 2.30. The fraction of sp³-hybridized carbons (Fsp3) is 0.0909. The van der Waals surface area contributed by atoms with Gasteiger partial charge in [0.05, 0.1) is 7.11 Å². The van der Waals surface area contributed by atoms with Gasteiger partial charge in [0.15, 0.2) is 5.82 Å². The van der Waals surface area contributed by atoms with E-state index in [1.54, 1.807) is 19.4 Å². The number of nitrogens with zero attached hydrogens (tertiary/aromatic N) is 2. The highest BCUT2D eigenvalue weighted by Crippen LogP contribution is 2.15. The summed E-state index contributed by atoms with van der Waals surface area (Å²) >= 11 is 0. The first kappa shape index (κ1) is 8.69. The molecule has 1 heterocycles. The van der Waals surface area contributed by atoms with Crippen molar-refractivity contribution >= 4 is 0 Å². The first-order valence-electron chi connectivity index (χ1n) is 4.32. The Morgan fingerprint density at radius 3 is 2.57 bits per heavy atom. The number of hydrogen-bond acceptors (Lipinski definition) is 3. The van der Waals surface area contributed by atoms with Gasteiger partial charge in [-0.15, -0.1) is 0 Å². The van der Waals surface area contributed by atoms with Gasteiger partial charge in [-0.1, -0.05) is 30.3 Å². The number of benzene rings is 1. The second kappa shape index (κ2) is 3.87. The quantitative estimate of drug-likeness (QED) is 0.720. The minimum absolute atomic E-state index is 0.582. The molecule has 0 amide bonds. The second-order valence-electron chi connectivity index (χ2n) is 2.79. The monoisotopic (exact) mass is 186 g/mol. The summed E-state index contributed by atoms with van der Waals surface area (Å²) in [5, 5.41) is 0. The highest BCUT2D eigenvalue weighted by Gasteiger charge is 2.00. The van der Waals surface area contributed by atoms with Crippen LogP contribution >= 0.6 is 0 Å². The topological polar surface area (TPSA) is 35.0 Å². The highest BCUT2D eigenvalue weighted by molar-refractivity contribution is 5.54. The van der Waals surface area contributed by atoms with Crippen LogP contribution in [0.15, 0.2) is 42.6 Å². The van der Waals surface area contributed by atoms with Gasteiger partial charge in [0, 0.05) is 17.8 Å². The minimum atomic E-state index is 0.582. The number of rotatable bonds is 2. The van der Waals surface area contributed by atoms with Crippen molar-refractivity contribution < 1.29 is 4.74 Å². The van der Waals surface area contributed by atoms with Crippen LogP contribution in [0.1, 0.15) is 0 Å². The Morgan fingerprint density at radius 2 is 1.86 bits per heavy atom. The predicted molar refractivity (Wildman–Crippen MR) is 54.0 cm³/mol. The Morgan fingerprint density at radius 1 is 1.07 bits per heavy atom. The molecule has 3 nitrogen and oxygen atoms in total. The SMILES string of the molecule is COc1ccnc(-c2ccccc2)n1. The molecule has 0 saturated carbocycles. The summed E-state index contributed by atoms with van der Waals surface area (Å²) in [5.41, 5.74) is 0.992. The number of aromatic nitrogens is 2. The summed E-state index contributed by atoms with van der Waals surface area (Å²) in [5.74, 6) is 1.27. The zero-order valence-electron chi connectivity index (χ0n) is 7.84. The van der Waals surface area contributed by atoms with Gasteiger partial charge in [0.1, 0.15) is 0 Å². The van der Waals surface area contributed by atoms with Gasteiger partial charge in [-0.2, -0.15) is 4.98 Å². The van der Waals surface area contributed by atoms with Crippen LogP contribution in [0.4, 0.5) is 0 Å². The van der Waals surface area contributed by atoms with Gasteiger partial charge >= 0.3 is 0 Å². The van der Waals surface area contributed by atoms with Crippen LogP contribution in [0, 0.1) is 0 Å². The summed E-state index contributed by atoms with van der Waals surface area (Å²) in [6.07, 6.45) is 1.69. The summed E-state index contributed by atoms with van der Waals surface area (Å²) in [7, 11) is 1.59. The predicted octanol–water partition coefficient (Wildman–Crippen LogP) is 2.15. The Hall–Kier alpha value is -1.90. The molecule has 0 N–H and O–H groups in total. The molecule has 0 aliphatic carbocycles. The molecule has 1 aromatic carbocycles. The molecule has 14 heavy (non-hydrogen) atoms. The van der Waals surface area contributed by atoms with Gasteiger partial charge < -0.3 is 4.74 Å². The number of hydrogen-bond donors (Lipinski definition) is 0. The van der Waals surface area contributed by atoms with Gasteiger partial charge in [-0.05, 0) is 0 Å². The van der Waals surface area contributed by atoms with Gasteiger partial charge in [0.25, 0.3) is 0 Å². The first-order valence-corrected chi connectivity index (χ1v) is 4.32. The van der Waals surface area contributed by atoms with E-state index < -0.39 is 0 Å². The average molecular weight is 186 g/mol. The van der Waals surface area contributed by atoms with E-state index in [1.165, 1.54) is 0 Å². The molecule has 0 bridgehead atoms. The normalized spacial score (nSPS) is 9.79. The van der Waals surface area contributed by atoms with Crippen molar-refractivity contribution in [3.05, 3.63) is 42.6 Å². The van der Waals surface area contributed by atoms with E-state index in [2.05, 4.69) is 9.97 Å². The van der Waals surface area contributed by atoms with Gasteiger partial charge in [-0.25, -0.2) is 4.98 Å². The number of methoxy groups -OCH3 is 1. The summed E-state index contributed by atoms with van der Waals surface area (Å²) in [6, 6.07) is 11.5. The summed E-state index contributed by atoms with van der Waals surface area (Å²) in [6.45, 7) is 0. The lowest BCUT2D eigenvalue weighted by molar-refractivity contribution is 0.397.